The fourth-order valence-corrected chi connectivity index (χ4v) is 4.96. The van der Waals surface area contributed by atoms with Crippen molar-refractivity contribution in [1.29, 1.82) is 0 Å². The normalized spacial score (nSPS) is 27.3. The van der Waals surface area contributed by atoms with Gasteiger partial charge in [-0.2, -0.15) is 0 Å². The van der Waals surface area contributed by atoms with E-state index in [0.29, 0.717) is 11.9 Å². The Morgan fingerprint density at radius 3 is 2.42 bits per heavy atom. The summed E-state index contributed by atoms with van der Waals surface area (Å²) in [7, 11) is 0. The molecular weight excluding hydrogens is 439 g/mol. The summed E-state index contributed by atoms with van der Waals surface area (Å²) >= 11 is 0. The molecule has 3 rings (SSSR count). The van der Waals surface area contributed by atoms with Gasteiger partial charge < -0.3 is 15.1 Å². The van der Waals surface area contributed by atoms with Crippen LogP contribution in [0.5, 0.6) is 0 Å². The lowest BCUT2D eigenvalue weighted by Crippen LogP contribution is -2.41. The van der Waals surface area contributed by atoms with Crippen LogP contribution in [0.15, 0.2) is 4.99 Å². The van der Waals surface area contributed by atoms with Crippen molar-refractivity contribution in [1.82, 2.24) is 15.1 Å². The van der Waals surface area contributed by atoms with Crippen LogP contribution >= 0.6 is 24.0 Å². The molecule has 0 aromatic heterocycles. The average Bonchev–Trinajstić information content (AvgIpc) is 3.24. The van der Waals surface area contributed by atoms with Crippen LogP contribution in [-0.2, 0) is 4.79 Å². The number of rotatable bonds is 6. The summed E-state index contributed by atoms with van der Waals surface area (Å²) in [5, 5.41) is 3.50. The topological polar surface area (TPSA) is 47.9 Å². The van der Waals surface area contributed by atoms with Gasteiger partial charge in [0.25, 0.3) is 0 Å². The molecule has 2 saturated heterocycles. The Morgan fingerprint density at radius 1 is 1.19 bits per heavy atom. The molecule has 150 valence electrons. The molecule has 6 heteroatoms. The predicted octanol–water partition coefficient (Wildman–Crippen LogP) is 3.48. The zero-order valence-electron chi connectivity index (χ0n) is 16.6. The first-order valence-electron chi connectivity index (χ1n) is 10.6. The number of likely N-dealkylation sites (tertiary alicyclic amines) is 2. The molecule has 0 spiro atoms. The van der Waals surface area contributed by atoms with Gasteiger partial charge in [0, 0.05) is 45.2 Å². The molecule has 0 aromatic carbocycles. The van der Waals surface area contributed by atoms with Crippen LogP contribution in [0, 0.1) is 11.8 Å². The third-order valence-corrected chi connectivity index (χ3v) is 6.36. The van der Waals surface area contributed by atoms with Gasteiger partial charge in [-0.05, 0) is 50.9 Å². The van der Waals surface area contributed by atoms with Gasteiger partial charge in [0.2, 0.25) is 5.91 Å². The van der Waals surface area contributed by atoms with E-state index in [2.05, 4.69) is 29.0 Å². The van der Waals surface area contributed by atoms with Gasteiger partial charge in [-0.25, -0.2) is 0 Å². The lowest BCUT2D eigenvalue weighted by Gasteiger charge is -2.27. The maximum atomic E-state index is 12.0. The van der Waals surface area contributed by atoms with E-state index < -0.39 is 0 Å². The number of guanidine groups is 1. The first-order valence-corrected chi connectivity index (χ1v) is 10.6. The van der Waals surface area contributed by atoms with E-state index in [9.17, 15) is 4.79 Å². The fourth-order valence-electron chi connectivity index (χ4n) is 4.96. The Kier molecular flexibility index (Phi) is 8.97. The molecular formula is C20H37IN4O. The number of carbonyl (C=O) groups excluding carboxylic acids is 1. The molecule has 1 aliphatic carbocycles. The highest BCUT2D eigenvalue weighted by molar-refractivity contribution is 14.0. The number of nitrogens with zero attached hydrogens (tertiary/aromatic N) is 3. The third-order valence-electron chi connectivity index (χ3n) is 6.36. The number of hydrogen-bond acceptors (Lipinski definition) is 2. The van der Waals surface area contributed by atoms with E-state index in [-0.39, 0.29) is 24.0 Å². The van der Waals surface area contributed by atoms with Crippen LogP contribution in [0.25, 0.3) is 0 Å². The molecule has 3 unspecified atom stereocenters. The maximum Gasteiger partial charge on any atom is 0.222 e. The van der Waals surface area contributed by atoms with Gasteiger partial charge in [-0.1, -0.05) is 19.8 Å². The first kappa shape index (κ1) is 21.8. The summed E-state index contributed by atoms with van der Waals surface area (Å²) in [6, 6.07) is 0.364. The van der Waals surface area contributed by atoms with Crippen LogP contribution in [-0.4, -0.2) is 60.4 Å². The quantitative estimate of drug-likeness (QED) is 0.363. The van der Waals surface area contributed by atoms with Crippen molar-refractivity contribution < 1.29 is 4.79 Å². The number of amides is 1. The molecule has 3 atom stereocenters. The maximum absolute atomic E-state index is 12.0. The highest BCUT2D eigenvalue weighted by Gasteiger charge is 2.35. The summed E-state index contributed by atoms with van der Waals surface area (Å²) in [6.45, 7) is 9.38. The van der Waals surface area contributed by atoms with Crippen LogP contribution in [0.3, 0.4) is 0 Å². The van der Waals surface area contributed by atoms with E-state index in [1.807, 2.05) is 0 Å². The summed E-state index contributed by atoms with van der Waals surface area (Å²) in [6.07, 6.45) is 9.39. The molecule has 0 bridgehead atoms. The van der Waals surface area contributed by atoms with Crippen LogP contribution in [0.1, 0.15) is 65.2 Å². The van der Waals surface area contributed by atoms with E-state index in [0.717, 1.165) is 63.1 Å². The SMILES string of the molecule is CCNC(=NCCC(CC)N1CCCC1=O)N1CC2CCCCC2C1.I. The largest absolute Gasteiger partial charge is 0.357 e. The standard InChI is InChI=1S/C20H36N4O.HI/c1-3-18(24-13-7-10-19(24)25)11-12-22-20(21-4-2)23-14-16-8-5-6-9-17(16)15-23;/h16-18H,3-15H2,1-2H3,(H,21,22);1H. The second-order valence-corrected chi connectivity index (χ2v) is 7.99. The van der Waals surface area contributed by atoms with Crippen LogP contribution in [0.4, 0.5) is 0 Å². The van der Waals surface area contributed by atoms with Crippen molar-refractivity contribution in [3.05, 3.63) is 0 Å². The minimum atomic E-state index is 0. The van der Waals surface area contributed by atoms with E-state index in [4.69, 9.17) is 4.99 Å². The smallest absolute Gasteiger partial charge is 0.222 e. The van der Waals surface area contributed by atoms with E-state index in [1.54, 1.807) is 0 Å². The highest BCUT2D eigenvalue weighted by atomic mass is 127. The van der Waals surface area contributed by atoms with Crippen LogP contribution < -0.4 is 5.32 Å². The molecule has 1 N–H and O–H groups in total. The van der Waals surface area contributed by atoms with Crippen molar-refractivity contribution in [2.24, 2.45) is 16.8 Å². The Morgan fingerprint density at radius 2 is 1.88 bits per heavy atom. The Balaban J connectivity index is 0.00000243. The second kappa shape index (κ2) is 10.7. The number of carbonyl (C=O) groups is 1. The molecule has 5 nitrogen and oxygen atoms in total. The Hall–Kier alpha value is -0.530. The van der Waals surface area contributed by atoms with Crippen molar-refractivity contribution in [3.63, 3.8) is 0 Å². The van der Waals surface area contributed by atoms with Gasteiger partial charge in [-0.3, -0.25) is 9.79 Å². The second-order valence-electron chi connectivity index (χ2n) is 7.99. The van der Waals surface area contributed by atoms with Gasteiger partial charge >= 0.3 is 0 Å². The number of hydrogen-bond donors (Lipinski definition) is 1. The molecule has 2 aliphatic heterocycles. The highest BCUT2D eigenvalue weighted by Crippen LogP contribution is 2.36. The van der Waals surface area contributed by atoms with Crippen molar-refractivity contribution in [2.75, 3.05) is 32.7 Å². The monoisotopic (exact) mass is 476 g/mol. The van der Waals surface area contributed by atoms with Gasteiger partial charge in [0.15, 0.2) is 5.96 Å². The summed E-state index contributed by atoms with van der Waals surface area (Å²) < 4.78 is 0. The Bertz CT molecular complexity index is 470. The number of nitrogens with one attached hydrogen (secondary N) is 1. The predicted molar refractivity (Wildman–Crippen MR) is 118 cm³/mol. The molecule has 0 aromatic rings. The summed E-state index contributed by atoms with van der Waals surface area (Å²) in [4.78, 5) is 21.5. The summed E-state index contributed by atoms with van der Waals surface area (Å²) in [5.74, 6) is 3.19. The van der Waals surface area contributed by atoms with E-state index in [1.165, 1.54) is 38.8 Å². The molecule has 1 saturated carbocycles. The number of halogens is 1. The number of fused-ring (bicyclic) bond motifs is 1. The zero-order valence-corrected chi connectivity index (χ0v) is 18.9. The lowest BCUT2D eigenvalue weighted by atomic mass is 9.82. The fraction of sp³-hybridized carbons (Fsp3) is 0.900. The molecule has 0 radical (unpaired) electrons. The van der Waals surface area contributed by atoms with Gasteiger partial charge in [0.1, 0.15) is 0 Å². The lowest BCUT2D eigenvalue weighted by molar-refractivity contribution is -0.129. The Labute approximate surface area is 176 Å². The minimum absolute atomic E-state index is 0. The molecule has 3 fully saturated rings. The van der Waals surface area contributed by atoms with Crippen LogP contribution in [0.2, 0.25) is 0 Å². The van der Waals surface area contributed by atoms with E-state index >= 15 is 0 Å². The molecule has 2 heterocycles. The van der Waals surface area contributed by atoms with Gasteiger partial charge in [-0.15, -0.1) is 24.0 Å². The summed E-state index contributed by atoms with van der Waals surface area (Å²) in [5.41, 5.74) is 0. The molecule has 26 heavy (non-hydrogen) atoms. The minimum Gasteiger partial charge on any atom is -0.357 e. The average molecular weight is 476 g/mol. The van der Waals surface area contributed by atoms with Crippen molar-refractivity contribution >= 4 is 35.8 Å². The molecule has 1 amide bonds. The zero-order chi connectivity index (χ0) is 17.6. The number of aliphatic imine (C=N–C) groups is 1. The van der Waals surface area contributed by atoms with Crippen molar-refractivity contribution in [2.45, 2.75) is 71.3 Å². The first-order chi connectivity index (χ1) is 12.2. The third kappa shape index (κ3) is 5.26. The molecule has 3 aliphatic rings. The van der Waals surface area contributed by atoms with Gasteiger partial charge in [0.05, 0.1) is 0 Å². The van der Waals surface area contributed by atoms with Crippen molar-refractivity contribution in [3.8, 4) is 0 Å².